The first-order chi connectivity index (χ1) is 12.5. The third-order valence-electron chi connectivity index (χ3n) is 3.85. The molecule has 5 nitrogen and oxygen atoms in total. The molecular formula is C19H16F2N2O3. The highest BCUT2D eigenvalue weighted by atomic mass is 19.1. The number of aryl methyl sites for hydroxylation is 2. The zero-order valence-electron chi connectivity index (χ0n) is 14.2. The maximum atomic E-state index is 13.7. The van der Waals surface area contributed by atoms with Gasteiger partial charge in [0.05, 0.1) is 5.56 Å². The SMILES string of the molecule is Cc1cc(F)ccc1NC(=O)c1noc(C)c1COc1ccccc1F. The van der Waals surface area contributed by atoms with Crippen LogP contribution in [-0.4, -0.2) is 11.1 Å². The molecule has 0 bridgehead atoms. The molecule has 0 saturated heterocycles. The molecule has 0 fully saturated rings. The van der Waals surface area contributed by atoms with Gasteiger partial charge in [-0.05, 0) is 49.7 Å². The molecule has 3 aromatic rings. The lowest BCUT2D eigenvalue weighted by Crippen LogP contribution is -2.16. The molecule has 0 aliphatic carbocycles. The van der Waals surface area contributed by atoms with Gasteiger partial charge in [-0.1, -0.05) is 17.3 Å². The number of aromatic nitrogens is 1. The number of nitrogens with zero attached hydrogens (tertiary/aromatic N) is 1. The molecule has 0 atom stereocenters. The summed E-state index contributed by atoms with van der Waals surface area (Å²) in [4.78, 5) is 12.5. The second-order valence-electron chi connectivity index (χ2n) is 5.70. The van der Waals surface area contributed by atoms with Gasteiger partial charge in [-0.15, -0.1) is 0 Å². The van der Waals surface area contributed by atoms with E-state index in [1.54, 1.807) is 26.0 Å². The van der Waals surface area contributed by atoms with Crippen LogP contribution >= 0.6 is 0 Å². The summed E-state index contributed by atoms with van der Waals surface area (Å²) in [6.07, 6.45) is 0. The van der Waals surface area contributed by atoms with Gasteiger partial charge in [-0.2, -0.15) is 0 Å². The number of carbonyl (C=O) groups excluding carboxylic acids is 1. The van der Waals surface area contributed by atoms with Crippen molar-refractivity contribution in [1.29, 1.82) is 0 Å². The highest BCUT2D eigenvalue weighted by Gasteiger charge is 2.21. The molecule has 3 rings (SSSR count). The van der Waals surface area contributed by atoms with Crippen molar-refractivity contribution < 1.29 is 22.8 Å². The number of amides is 1. The quantitative estimate of drug-likeness (QED) is 0.734. The van der Waals surface area contributed by atoms with Crippen LogP contribution in [0.1, 0.15) is 27.4 Å². The van der Waals surface area contributed by atoms with Gasteiger partial charge >= 0.3 is 0 Å². The van der Waals surface area contributed by atoms with Crippen LogP contribution in [-0.2, 0) is 6.61 Å². The van der Waals surface area contributed by atoms with Crippen LogP contribution in [0.5, 0.6) is 5.75 Å². The largest absolute Gasteiger partial charge is 0.486 e. The van der Waals surface area contributed by atoms with Crippen molar-refractivity contribution in [3.63, 3.8) is 0 Å². The Bertz CT molecular complexity index is 954. The summed E-state index contributed by atoms with van der Waals surface area (Å²) in [7, 11) is 0. The Morgan fingerprint density at radius 2 is 1.96 bits per heavy atom. The number of anilines is 1. The van der Waals surface area contributed by atoms with Gasteiger partial charge in [-0.3, -0.25) is 4.79 Å². The number of nitrogens with one attached hydrogen (secondary N) is 1. The molecule has 26 heavy (non-hydrogen) atoms. The summed E-state index contributed by atoms with van der Waals surface area (Å²) >= 11 is 0. The van der Waals surface area contributed by atoms with Crippen LogP contribution in [0.25, 0.3) is 0 Å². The van der Waals surface area contributed by atoms with E-state index in [2.05, 4.69) is 10.5 Å². The summed E-state index contributed by atoms with van der Waals surface area (Å²) in [6, 6.07) is 9.98. The van der Waals surface area contributed by atoms with Gasteiger partial charge < -0.3 is 14.6 Å². The van der Waals surface area contributed by atoms with E-state index < -0.39 is 17.5 Å². The molecule has 2 aromatic carbocycles. The zero-order chi connectivity index (χ0) is 18.7. The molecule has 1 aromatic heterocycles. The van der Waals surface area contributed by atoms with E-state index in [4.69, 9.17) is 9.26 Å². The Balaban J connectivity index is 1.78. The second kappa shape index (κ2) is 7.35. The topological polar surface area (TPSA) is 64.4 Å². The summed E-state index contributed by atoms with van der Waals surface area (Å²) in [5, 5.41) is 6.42. The summed E-state index contributed by atoms with van der Waals surface area (Å²) in [5.74, 6) is -0.967. The predicted molar refractivity (Wildman–Crippen MR) is 91.1 cm³/mol. The predicted octanol–water partition coefficient (Wildman–Crippen LogP) is 4.40. The molecule has 0 aliphatic rings. The monoisotopic (exact) mass is 358 g/mol. The number of halogens is 2. The maximum Gasteiger partial charge on any atom is 0.278 e. The van der Waals surface area contributed by atoms with Crippen molar-refractivity contribution in [2.75, 3.05) is 5.32 Å². The molecule has 0 aliphatic heterocycles. The van der Waals surface area contributed by atoms with Crippen LogP contribution in [0.2, 0.25) is 0 Å². The first kappa shape index (κ1) is 17.6. The fourth-order valence-electron chi connectivity index (χ4n) is 2.40. The number of hydrogen-bond donors (Lipinski definition) is 1. The number of para-hydroxylation sites is 1. The average Bonchev–Trinajstić information content (AvgIpc) is 2.97. The summed E-state index contributed by atoms with van der Waals surface area (Å²) in [5.41, 5.74) is 1.47. The van der Waals surface area contributed by atoms with Crippen molar-refractivity contribution in [1.82, 2.24) is 5.16 Å². The lowest BCUT2D eigenvalue weighted by molar-refractivity contribution is 0.101. The standard InChI is InChI=1S/C19H16F2N2O3/c1-11-9-13(20)7-8-16(11)22-19(24)18-14(12(2)26-23-18)10-25-17-6-4-3-5-15(17)21/h3-9H,10H2,1-2H3,(H,22,24). The van der Waals surface area contributed by atoms with E-state index in [0.29, 0.717) is 22.6 Å². The van der Waals surface area contributed by atoms with Gasteiger partial charge in [-0.25, -0.2) is 8.78 Å². The first-order valence-electron chi connectivity index (χ1n) is 7.85. The lowest BCUT2D eigenvalue weighted by atomic mass is 10.1. The third kappa shape index (κ3) is 3.72. The fourth-order valence-corrected chi connectivity index (χ4v) is 2.40. The number of rotatable bonds is 5. The van der Waals surface area contributed by atoms with Crippen LogP contribution in [0.3, 0.4) is 0 Å². The molecule has 0 unspecified atom stereocenters. The highest BCUT2D eigenvalue weighted by Crippen LogP contribution is 2.22. The number of hydrogen-bond acceptors (Lipinski definition) is 4. The van der Waals surface area contributed by atoms with Gasteiger partial charge in [0.1, 0.15) is 18.2 Å². The maximum absolute atomic E-state index is 13.7. The van der Waals surface area contributed by atoms with Crippen LogP contribution in [0, 0.1) is 25.5 Å². The van der Waals surface area contributed by atoms with Crippen molar-refractivity contribution >= 4 is 11.6 Å². The first-order valence-corrected chi connectivity index (χ1v) is 7.85. The molecule has 7 heteroatoms. The van der Waals surface area contributed by atoms with E-state index in [1.807, 2.05) is 0 Å². The smallest absolute Gasteiger partial charge is 0.278 e. The molecule has 0 spiro atoms. The number of carbonyl (C=O) groups is 1. The fraction of sp³-hybridized carbons (Fsp3) is 0.158. The van der Waals surface area contributed by atoms with E-state index in [0.717, 1.165) is 0 Å². The van der Waals surface area contributed by atoms with Crippen LogP contribution in [0.4, 0.5) is 14.5 Å². The van der Waals surface area contributed by atoms with Gasteiger partial charge in [0.25, 0.3) is 5.91 Å². The third-order valence-corrected chi connectivity index (χ3v) is 3.85. The van der Waals surface area contributed by atoms with E-state index in [9.17, 15) is 13.6 Å². The Morgan fingerprint density at radius 1 is 1.19 bits per heavy atom. The lowest BCUT2D eigenvalue weighted by Gasteiger charge is -2.09. The normalized spacial score (nSPS) is 10.6. The minimum absolute atomic E-state index is 0.0302. The summed E-state index contributed by atoms with van der Waals surface area (Å²) in [6.45, 7) is 3.23. The molecule has 1 N–H and O–H groups in total. The highest BCUT2D eigenvalue weighted by molar-refractivity contribution is 6.04. The van der Waals surface area contributed by atoms with E-state index in [-0.39, 0.29) is 18.1 Å². The number of benzene rings is 2. The van der Waals surface area contributed by atoms with Crippen molar-refractivity contribution in [3.05, 3.63) is 76.7 Å². The minimum Gasteiger partial charge on any atom is -0.486 e. The van der Waals surface area contributed by atoms with Gasteiger partial charge in [0.2, 0.25) is 0 Å². The summed E-state index contributed by atoms with van der Waals surface area (Å²) < 4.78 is 37.4. The Hall–Kier alpha value is -3.22. The van der Waals surface area contributed by atoms with Crippen molar-refractivity contribution in [3.8, 4) is 5.75 Å². The molecule has 0 radical (unpaired) electrons. The average molecular weight is 358 g/mol. The van der Waals surface area contributed by atoms with E-state index >= 15 is 0 Å². The van der Waals surface area contributed by atoms with Crippen molar-refractivity contribution in [2.45, 2.75) is 20.5 Å². The molecule has 0 saturated carbocycles. The molecular weight excluding hydrogens is 342 g/mol. The van der Waals surface area contributed by atoms with Gasteiger partial charge in [0, 0.05) is 5.69 Å². The van der Waals surface area contributed by atoms with Crippen LogP contribution < -0.4 is 10.1 Å². The minimum atomic E-state index is -0.524. The molecule has 1 amide bonds. The van der Waals surface area contributed by atoms with Crippen LogP contribution in [0.15, 0.2) is 47.0 Å². The number of ether oxygens (including phenoxy) is 1. The Morgan fingerprint density at radius 3 is 2.69 bits per heavy atom. The van der Waals surface area contributed by atoms with Gasteiger partial charge in [0.15, 0.2) is 17.3 Å². The van der Waals surface area contributed by atoms with E-state index in [1.165, 1.54) is 30.3 Å². The van der Waals surface area contributed by atoms with Crippen molar-refractivity contribution in [2.24, 2.45) is 0 Å². The second-order valence-corrected chi connectivity index (χ2v) is 5.70. The Kier molecular flexibility index (Phi) is 4.97. The molecule has 134 valence electrons. The molecule has 1 heterocycles. The zero-order valence-corrected chi connectivity index (χ0v) is 14.2. The Labute approximate surface area is 148 Å².